The van der Waals surface area contributed by atoms with E-state index in [1.54, 1.807) is 4.57 Å². The zero-order valence-corrected chi connectivity index (χ0v) is 14.4. The third-order valence-electron chi connectivity index (χ3n) is 3.90. The molecule has 0 aliphatic carbocycles. The van der Waals surface area contributed by atoms with Gasteiger partial charge in [-0.05, 0) is 18.3 Å². The van der Waals surface area contributed by atoms with Crippen LogP contribution < -0.4 is 11.2 Å². The van der Waals surface area contributed by atoms with Gasteiger partial charge in [0.15, 0.2) is 11.2 Å². The SMILES string of the molecule is CCC(C)Cn1c(=O)[nH]c(=O)c2c1nc(C)n2CC(C)(C)C. The predicted molar refractivity (Wildman–Crippen MR) is 88.3 cm³/mol. The molecule has 0 amide bonds. The van der Waals surface area contributed by atoms with Crippen LogP contribution in [0.1, 0.15) is 46.9 Å². The lowest BCUT2D eigenvalue weighted by Gasteiger charge is -2.20. The minimum absolute atomic E-state index is 0.0164. The van der Waals surface area contributed by atoms with Crippen LogP contribution in [0.4, 0.5) is 0 Å². The van der Waals surface area contributed by atoms with Crippen LogP contribution in [0.3, 0.4) is 0 Å². The molecule has 0 saturated carbocycles. The fourth-order valence-electron chi connectivity index (χ4n) is 2.56. The van der Waals surface area contributed by atoms with Crippen molar-refractivity contribution in [2.24, 2.45) is 11.3 Å². The molecule has 1 N–H and O–H groups in total. The molecule has 0 saturated heterocycles. The smallest absolute Gasteiger partial charge is 0.322 e. The second-order valence-corrected chi connectivity index (χ2v) is 7.36. The van der Waals surface area contributed by atoms with E-state index in [0.29, 0.717) is 30.2 Å². The molecule has 2 aromatic rings. The van der Waals surface area contributed by atoms with E-state index >= 15 is 0 Å². The average molecular weight is 306 g/mol. The van der Waals surface area contributed by atoms with Crippen LogP contribution in [0, 0.1) is 18.3 Å². The first kappa shape index (κ1) is 16.5. The Labute approximate surface area is 130 Å². The summed E-state index contributed by atoms with van der Waals surface area (Å²) in [6.45, 7) is 13.6. The number of aromatic amines is 1. The third kappa shape index (κ3) is 3.15. The number of imidazole rings is 1. The molecule has 0 aromatic carbocycles. The second kappa shape index (κ2) is 5.74. The number of fused-ring (bicyclic) bond motifs is 1. The number of nitrogens with zero attached hydrogens (tertiary/aromatic N) is 3. The number of aromatic nitrogens is 4. The molecule has 1 unspecified atom stereocenters. The van der Waals surface area contributed by atoms with Crippen molar-refractivity contribution in [1.29, 1.82) is 0 Å². The van der Waals surface area contributed by atoms with E-state index in [-0.39, 0.29) is 16.7 Å². The van der Waals surface area contributed by atoms with Crippen molar-refractivity contribution in [2.75, 3.05) is 0 Å². The third-order valence-corrected chi connectivity index (χ3v) is 3.90. The summed E-state index contributed by atoms with van der Waals surface area (Å²) in [5.74, 6) is 1.11. The molecule has 6 nitrogen and oxygen atoms in total. The first-order chi connectivity index (χ1) is 10.1. The summed E-state index contributed by atoms with van der Waals surface area (Å²) in [6.07, 6.45) is 0.967. The van der Waals surface area contributed by atoms with Gasteiger partial charge in [0.05, 0.1) is 0 Å². The molecule has 2 rings (SSSR count). The zero-order valence-electron chi connectivity index (χ0n) is 14.4. The van der Waals surface area contributed by atoms with Gasteiger partial charge in [0.2, 0.25) is 0 Å². The fourth-order valence-corrected chi connectivity index (χ4v) is 2.56. The number of rotatable bonds is 4. The number of H-pyrrole nitrogens is 1. The summed E-state index contributed by atoms with van der Waals surface area (Å²) < 4.78 is 3.51. The Morgan fingerprint density at radius 3 is 2.41 bits per heavy atom. The summed E-state index contributed by atoms with van der Waals surface area (Å²) in [6, 6.07) is 0. The molecule has 22 heavy (non-hydrogen) atoms. The lowest BCUT2D eigenvalue weighted by Crippen LogP contribution is -2.33. The van der Waals surface area contributed by atoms with Gasteiger partial charge in [0.25, 0.3) is 5.56 Å². The van der Waals surface area contributed by atoms with Gasteiger partial charge in [-0.15, -0.1) is 0 Å². The maximum Gasteiger partial charge on any atom is 0.330 e. The molecule has 0 fully saturated rings. The highest BCUT2D eigenvalue weighted by Gasteiger charge is 2.21. The molecular formula is C16H26N4O2. The maximum absolute atomic E-state index is 12.3. The van der Waals surface area contributed by atoms with Gasteiger partial charge in [0, 0.05) is 13.1 Å². The van der Waals surface area contributed by atoms with Crippen LogP contribution in [0.2, 0.25) is 0 Å². The molecule has 2 aromatic heterocycles. The summed E-state index contributed by atoms with van der Waals surface area (Å²) >= 11 is 0. The van der Waals surface area contributed by atoms with E-state index in [4.69, 9.17) is 0 Å². The summed E-state index contributed by atoms with van der Waals surface area (Å²) in [5.41, 5.74) is 0.275. The molecule has 1 atom stereocenters. The Kier molecular flexibility index (Phi) is 4.31. The minimum Gasteiger partial charge on any atom is -0.322 e. The van der Waals surface area contributed by atoms with Crippen LogP contribution >= 0.6 is 0 Å². The molecule has 0 bridgehead atoms. The van der Waals surface area contributed by atoms with E-state index < -0.39 is 0 Å². The quantitative estimate of drug-likeness (QED) is 0.942. The first-order valence-corrected chi connectivity index (χ1v) is 7.84. The van der Waals surface area contributed by atoms with E-state index in [0.717, 1.165) is 12.2 Å². The Morgan fingerprint density at radius 2 is 1.86 bits per heavy atom. The van der Waals surface area contributed by atoms with Crippen molar-refractivity contribution in [3.05, 3.63) is 26.7 Å². The van der Waals surface area contributed by atoms with Crippen LogP contribution in [-0.2, 0) is 13.1 Å². The van der Waals surface area contributed by atoms with Gasteiger partial charge in [-0.2, -0.15) is 0 Å². The number of hydrogen-bond acceptors (Lipinski definition) is 3. The Hall–Kier alpha value is -1.85. The van der Waals surface area contributed by atoms with E-state index in [1.807, 2.05) is 11.5 Å². The van der Waals surface area contributed by atoms with Gasteiger partial charge in [-0.1, -0.05) is 41.0 Å². The lowest BCUT2D eigenvalue weighted by molar-refractivity contribution is 0.344. The number of aryl methyl sites for hydroxylation is 1. The average Bonchev–Trinajstić information content (AvgIpc) is 2.70. The summed E-state index contributed by atoms with van der Waals surface area (Å²) in [4.78, 5) is 31.4. The van der Waals surface area contributed by atoms with E-state index in [9.17, 15) is 9.59 Å². The highest BCUT2D eigenvalue weighted by molar-refractivity contribution is 5.70. The predicted octanol–water partition coefficient (Wildman–Crippen LogP) is 2.29. The topological polar surface area (TPSA) is 72.7 Å². The largest absolute Gasteiger partial charge is 0.330 e. The summed E-state index contributed by atoms with van der Waals surface area (Å²) in [7, 11) is 0. The van der Waals surface area contributed by atoms with Crippen molar-refractivity contribution < 1.29 is 0 Å². The molecule has 0 spiro atoms. The van der Waals surface area contributed by atoms with Gasteiger partial charge >= 0.3 is 5.69 Å². The monoisotopic (exact) mass is 306 g/mol. The molecule has 0 aliphatic rings. The number of hydrogen-bond donors (Lipinski definition) is 1. The van der Waals surface area contributed by atoms with Gasteiger partial charge in [0.1, 0.15) is 5.82 Å². The first-order valence-electron chi connectivity index (χ1n) is 7.84. The van der Waals surface area contributed by atoms with Crippen LogP contribution in [-0.4, -0.2) is 19.1 Å². The number of nitrogens with one attached hydrogen (secondary N) is 1. The van der Waals surface area contributed by atoms with Crippen molar-refractivity contribution in [3.63, 3.8) is 0 Å². The fraction of sp³-hybridized carbons (Fsp3) is 0.688. The molecular weight excluding hydrogens is 280 g/mol. The highest BCUT2D eigenvalue weighted by Crippen LogP contribution is 2.21. The van der Waals surface area contributed by atoms with Crippen molar-refractivity contribution in [2.45, 2.75) is 61.1 Å². The van der Waals surface area contributed by atoms with Crippen molar-refractivity contribution >= 4 is 11.2 Å². The van der Waals surface area contributed by atoms with Gasteiger partial charge < -0.3 is 4.57 Å². The van der Waals surface area contributed by atoms with Crippen LogP contribution in [0.15, 0.2) is 9.59 Å². The zero-order chi connectivity index (χ0) is 16.7. The Bertz CT molecular complexity index is 789. The molecule has 2 heterocycles. The van der Waals surface area contributed by atoms with Crippen molar-refractivity contribution in [1.82, 2.24) is 19.1 Å². The Morgan fingerprint density at radius 1 is 1.23 bits per heavy atom. The molecule has 6 heteroatoms. The second-order valence-electron chi connectivity index (χ2n) is 7.36. The summed E-state index contributed by atoms with van der Waals surface area (Å²) in [5, 5.41) is 0. The van der Waals surface area contributed by atoms with E-state index in [1.165, 1.54) is 0 Å². The van der Waals surface area contributed by atoms with Gasteiger partial charge in [-0.3, -0.25) is 14.3 Å². The Balaban J connectivity index is 2.72. The minimum atomic E-state index is -0.377. The lowest BCUT2D eigenvalue weighted by atomic mass is 9.97. The van der Waals surface area contributed by atoms with Gasteiger partial charge in [-0.25, -0.2) is 9.78 Å². The standard InChI is InChI=1S/C16H26N4O2/c1-7-10(2)8-19-13-12(14(21)18-15(19)22)20(11(3)17-13)9-16(4,5)6/h10H,7-9H2,1-6H3,(H,18,21,22). The van der Waals surface area contributed by atoms with Crippen LogP contribution in [0.5, 0.6) is 0 Å². The normalized spacial score (nSPS) is 13.7. The molecule has 0 aliphatic heterocycles. The molecule has 122 valence electrons. The van der Waals surface area contributed by atoms with E-state index in [2.05, 4.69) is 44.6 Å². The molecule has 0 radical (unpaired) electrons. The van der Waals surface area contributed by atoms with Crippen LogP contribution in [0.25, 0.3) is 11.2 Å². The highest BCUT2D eigenvalue weighted by atomic mass is 16.2. The maximum atomic E-state index is 12.3. The van der Waals surface area contributed by atoms with Crippen molar-refractivity contribution in [3.8, 4) is 0 Å².